The molecule has 32 heavy (non-hydrogen) atoms. The fraction of sp³-hybridized carbons (Fsp3) is 0.333. The molecule has 0 atom stereocenters. The molecule has 0 fully saturated rings. The van der Waals surface area contributed by atoms with Crippen molar-refractivity contribution in [3.05, 3.63) is 71.0 Å². The normalized spacial score (nSPS) is 11.0. The Morgan fingerprint density at radius 1 is 1.09 bits per heavy atom. The highest BCUT2D eigenvalue weighted by molar-refractivity contribution is 14.0. The summed E-state index contributed by atoms with van der Waals surface area (Å²) in [5.74, 6) is 2.06. The van der Waals surface area contributed by atoms with Gasteiger partial charge in [0.1, 0.15) is 0 Å². The van der Waals surface area contributed by atoms with Crippen molar-refractivity contribution in [2.75, 3.05) is 26.1 Å². The average molecular weight is 549 g/mol. The molecule has 0 saturated carbocycles. The van der Waals surface area contributed by atoms with Gasteiger partial charge in [-0.3, -0.25) is 9.67 Å². The second-order valence-electron chi connectivity index (χ2n) is 7.14. The number of hydrogen-bond acceptors (Lipinski definition) is 4. The molecular formula is C24H32IN5O2. The minimum Gasteiger partial charge on any atom is -0.493 e. The number of ether oxygens (including phenoxy) is 2. The Hall–Kier alpha value is -2.75. The Labute approximate surface area is 207 Å². The summed E-state index contributed by atoms with van der Waals surface area (Å²) in [6, 6.07) is 16.1. The Balaban J connectivity index is 0.00000363. The van der Waals surface area contributed by atoms with E-state index in [9.17, 15) is 0 Å². The molecule has 7 nitrogen and oxygen atoms in total. The molecular weight excluding hydrogens is 517 g/mol. The molecule has 0 aliphatic rings. The summed E-state index contributed by atoms with van der Waals surface area (Å²) >= 11 is 0. The minimum atomic E-state index is 0. The van der Waals surface area contributed by atoms with Gasteiger partial charge in [-0.2, -0.15) is 5.10 Å². The van der Waals surface area contributed by atoms with Crippen molar-refractivity contribution in [2.45, 2.75) is 33.9 Å². The van der Waals surface area contributed by atoms with Gasteiger partial charge < -0.3 is 20.1 Å². The quantitative estimate of drug-likeness (QED) is 0.241. The third kappa shape index (κ3) is 6.38. The zero-order valence-electron chi connectivity index (χ0n) is 19.3. The van der Waals surface area contributed by atoms with Gasteiger partial charge in [0.2, 0.25) is 0 Å². The van der Waals surface area contributed by atoms with Gasteiger partial charge in [-0.1, -0.05) is 30.3 Å². The number of benzene rings is 2. The van der Waals surface area contributed by atoms with Crippen molar-refractivity contribution < 1.29 is 9.47 Å². The monoisotopic (exact) mass is 549 g/mol. The molecule has 1 aromatic heterocycles. The Morgan fingerprint density at radius 3 is 2.50 bits per heavy atom. The van der Waals surface area contributed by atoms with Crippen LogP contribution in [-0.2, 0) is 13.1 Å². The van der Waals surface area contributed by atoms with Gasteiger partial charge in [0.15, 0.2) is 17.5 Å². The summed E-state index contributed by atoms with van der Waals surface area (Å²) < 4.78 is 13.1. The molecule has 0 bridgehead atoms. The number of halogens is 1. The highest BCUT2D eigenvalue weighted by Gasteiger charge is 2.13. The summed E-state index contributed by atoms with van der Waals surface area (Å²) in [5, 5.41) is 11.4. The maximum atomic E-state index is 5.58. The van der Waals surface area contributed by atoms with Gasteiger partial charge in [0, 0.05) is 36.6 Å². The largest absolute Gasteiger partial charge is 0.493 e. The Morgan fingerprint density at radius 2 is 1.84 bits per heavy atom. The minimum absolute atomic E-state index is 0. The average Bonchev–Trinajstić information content (AvgIpc) is 3.05. The molecule has 3 rings (SSSR count). The van der Waals surface area contributed by atoms with Crippen LogP contribution in [0, 0.1) is 13.8 Å². The van der Waals surface area contributed by atoms with Crippen LogP contribution in [0.15, 0.2) is 53.5 Å². The van der Waals surface area contributed by atoms with Crippen molar-refractivity contribution in [2.24, 2.45) is 4.99 Å². The lowest BCUT2D eigenvalue weighted by Crippen LogP contribution is -2.30. The highest BCUT2D eigenvalue weighted by atomic mass is 127. The molecule has 0 unspecified atom stereocenters. The Bertz CT molecular complexity index is 1030. The first-order valence-corrected chi connectivity index (χ1v) is 10.4. The van der Waals surface area contributed by atoms with Crippen molar-refractivity contribution >= 4 is 35.6 Å². The molecule has 0 radical (unpaired) electrons. The van der Waals surface area contributed by atoms with Crippen LogP contribution in [0.5, 0.6) is 11.5 Å². The number of guanidine groups is 1. The predicted octanol–water partition coefficient (Wildman–Crippen LogP) is 4.76. The van der Waals surface area contributed by atoms with Gasteiger partial charge >= 0.3 is 0 Å². The number of anilines is 1. The summed E-state index contributed by atoms with van der Waals surface area (Å²) in [5.41, 5.74) is 5.42. The highest BCUT2D eigenvalue weighted by Crippen LogP contribution is 2.30. The van der Waals surface area contributed by atoms with Crippen LogP contribution in [0.3, 0.4) is 0 Å². The molecule has 0 aliphatic heterocycles. The SMILES string of the molecule is CCOc1ccc(NC(=NC)NCc2c(C)nn(Cc3ccccc3)c2C)cc1OC.I. The molecule has 3 aromatic rings. The summed E-state index contributed by atoms with van der Waals surface area (Å²) in [6.45, 7) is 8.06. The molecule has 1 heterocycles. The first kappa shape index (κ1) is 25.5. The van der Waals surface area contributed by atoms with Crippen molar-refractivity contribution in [1.82, 2.24) is 15.1 Å². The van der Waals surface area contributed by atoms with E-state index in [2.05, 4.69) is 51.5 Å². The molecule has 8 heteroatoms. The third-order valence-electron chi connectivity index (χ3n) is 5.09. The van der Waals surface area contributed by atoms with Crippen LogP contribution in [0.2, 0.25) is 0 Å². The topological polar surface area (TPSA) is 72.7 Å². The summed E-state index contributed by atoms with van der Waals surface area (Å²) in [7, 11) is 3.38. The molecule has 0 spiro atoms. The standard InChI is InChI=1S/C24H31N5O2.HI/c1-6-31-22-13-12-20(14-23(22)30-5)27-24(25-4)26-15-21-17(2)28-29(18(21)3)16-19-10-8-7-9-11-19;/h7-14H,6,15-16H2,1-5H3,(H2,25,26,27);1H. The van der Waals surface area contributed by atoms with Crippen LogP contribution in [0.25, 0.3) is 0 Å². The number of aliphatic imine (C=N–C) groups is 1. The van der Waals surface area contributed by atoms with Gasteiger partial charge in [-0.05, 0) is 38.5 Å². The van der Waals surface area contributed by atoms with Gasteiger partial charge in [0.25, 0.3) is 0 Å². The van der Waals surface area contributed by atoms with E-state index in [0.717, 1.165) is 29.4 Å². The number of nitrogens with zero attached hydrogens (tertiary/aromatic N) is 3. The second-order valence-corrected chi connectivity index (χ2v) is 7.14. The molecule has 0 amide bonds. The fourth-order valence-electron chi connectivity index (χ4n) is 3.41. The summed E-state index contributed by atoms with van der Waals surface area (Å²) in [6.07, 6.45) is 0. The van der Waals surface area contributed by atoms with Crippen molar-refractivity contribution in [3.8, 4) is 11.5 Å². The van der Waals surface area contributed by atoms with Crippen molar-refractivity contribution in [3.63, 3.8) is 0 Å². The first-order chi connectivity index (χ1) is 15.0. The molecule has 172 valence electrons. The smallest absolute Gasteiger partial charge is 0.195 e. The van der Waals surface area contributed by atoms with E-state index < -0.39 is 0 Å². The van der Waals surface area contributed by atoms with Crippen molar-refractivity contribution in [1.29, 1.82) is 0 Å². The van der Waals surface area contributed by atoms with Gasteiger partial charge in [-0.15, -0.1) is 24.0 Å². The number of rotatable bonds is 8. The van der Waals surface area contributed by atoms with E-state index in [0.29, 0.717) is 24.9 Å². The van der Waals surface area contributed by atoms with E-state index >= 15 is 0 Å². The fourth-order valence-corrected chi connectivity index (χ4v) is 3.41. The zero-order chi connectivity index (χ0) is 22.2. The maximum Gasteiger partial charge on any atom is 0.195 e. The maximum absolute atomic E-state index is 5.58. The van der Waals surface area contributed by atoms with Crippen LogP contribution in [-0.4, -0.2) is 36.5 Å². The lowest BCUT2D eigenvalue weighted by molar-refractivity contribution is 0.311. The van der Waals surface area contributed by atoms with E-state index in [1.54, 1.807) is 14.2 Å². The van der Waals surface area contributed by atoms with Crippen LogP contribution >= 0.6 is 24.0 Å². The van der Waals surface area contributed by atoms with Gasteiger partial charge in [0.05, 0.1) is 26.0 Å². The third-order valence-corrected chi connectivity index (χ3v) is 5.09. The van der Waals surface area contributed by atoms with Crippen LogP contribution < -0.4 is 20.1 Å². The Kier molecular flexibility index (Phi) is 9.83. The second kappa shape index (κ2) is 12.3. The van der Waals surface area contributed by atoms with E-state index in [1.807, 2.05) is 38.1 Å². The molecule has 0 saturated heterocycles. The molecule has 0 aliphatic carbocycles. The number of aromatic nitrogens is 2. The van der Waals surface area contributed by atoms with E-state index in [4.69, 9.17) is 14.6 Å². The number of aryl methyl sites for hydroxylation is 1. The number of nitrogens with one attached hydrogen (secondary N) is 2. The lowest BCUT2D eigenvalue weighted by atomic mass is 10.2. The lowest BCUT2D eigenvalue weighted by Gasteiger charge is -2.15. The summed E-state index contributed by atoms with van der Waals surface area (Å²) in [4.78, 5) is 4.34. The molecule has 2 aromatic carbocycles. The van der Waals surface area contributed by atoms with Crippen LogP contribution in [0.4, 0.5) is 5.69 Å². The van der Waals surface area contributed by atoms with Gasteiger partial charge in [-0.25, -0.2) is 0 Å². The van der Waals surface area contributed by atoms with E-state index in [-0.39, 0.29) is 24.0 Å². The predicted molar refractivity (Wildman–Crippen MR) is 141 cm³/mol. The van der Waals surface area contributed by atoms with E-state index in [1.165, 1.54) is 11.1 Å². The number of hydrogen-bond donors (Lipinski definition) is 2. The zero-order valence-corrected chi connectivity index (χ0v) is 21.6. The first-order valence-electron chi connectivity index (χ1n) is 10.4. The van der Waals surface area contributed by atoms with Crippen LogP contribution in [0.1, 0.15) is 29.4 Å². The molecule has 2 N–H and O–H groups in total. The number of methoxy groups -OCH3 is 1.